The quantitative estimate of drug-likeness (QED) is 0.793. The van der Waals surface area contributed by atoms with Crippen LogP contribution in [-0.4, -0.2) is 36.6 Å². The Bertz CT molecular complexity index is 275. The summed E-state index contributed by atoms with van der Waals surface area (Å²) in [7, 11) is 0. The molecule has 1 saturated carbocycles. The van der Waals surface area contributed by atoms with Crippen LogP contribution in [0, 0.1) is 17.8 Å². The summed E-state index contributed by atoms with van der Waals surface area (Å²) in [5.74, 6) is 2.74. The van der Waals surface area contributed by atoms with Crippen LogP contribution in [0.15, 0.2) is 0 Å². The van der Waals surface area contributed by atoms with Gasteiger partial charge in [-0.2, -0.15) is 0 Å². The van der Waals surface area contributed by atoms with E-state index in [0.29, 0.717) is 0 Å². The first-order chi connectivity index (χ1) is 9.54. The maximum absolute atomic E-state index is 3.90. The van der Waals surface area contributed by atoms with Gasteiger partial charge in [-0.3, -0.25) is 0 Å². The minimum Gasteiger partial charge on any atom is -0.314 e. The van der Waals surface area contributed by atoms with E-state index in [1.54, 1.807) is 0 Å². The van der Waals surface area contributed by atoms with Gasteiger partial charge in [0, 0.05) is 18.6 Å². The fourth-order valence-electron chi connectivity index (χ4n) is 4.19. The molecule has 1 saturated heterocycles. The van der Waals surface area contributed by atoms with Gasteiger partial charge >= 0.3 is 0 Å². The molecule has 1 aliphatic carbocycles. The fraction of sp³-hybridized carbons (Fsp3) is 1.00. The zero-order valence-electron chi connectivity index (χ0n) is 14.2. The maximum atomic E-state index is 3.90. The van der Waals surface area contributed by atoms with Crippen LogP contribution >= 0.6 is 0 Å². The van der Waals surface area contributed by atoms with Crippen LogP contribution < -0.4 is 5.32 Å². The summed E-state index contributed by atoms with van der Waals surface area (Å²) in [6.07, 6.45) is 8.59. The summed E-state index contributed by atoms with van der Waals surface area (Å²) < 4.78 is 0. The lowest BCUT2D eigenvalue weighted by molar-refractivity contribution is 0.238. The molecule has 0 spiro atoms. The Labute approximate surface area is 126 Å². The molecule has 1 N–H and O–H groups in total. The van der Waals surface area contributed by atoms with E-state index < -0.39 is 0 Å². The molecule has 3 atom stereocenters. The van der Waals surface area contributed by atoms with Gasteiger partial charge in [0.2, 0.25) is 0 Å². The smallest absolute Gasteiger partial charge is 0.00698 e. The molecule has 1 aliphatic heterocycles. The minimum atomic E-state index is 0.727. The first-order valence-electron chi connectivity index (χ1n) is 9.02. The first-order valence-corrected chi connectivity index (χ1v) is 9.02. The Balaban J connectivity index is 1.66. The minimum absolute atomic E-state index is 0.727. The highest BCUT2D eigenvalue weighted by atomic mass is 15.2. The van der Waals surface area contributed by atoms with Gasteiger partial charge in [-0.1, -0.05) is 26.7 Å². The van der Waals surface area contributed by atoms with Crippen LogP contribution in [0.25, 0.3) is 0 Å². The fourth-order valence-corrected chi connectivity index (χ4v) is 4.19. The molecule has 0 aromatic carbocycles. The van der Waals surface area contributed by atoms with Crippen molar-refractivity contribution in [2.75, 3.05) is 19.6 Å². The molecule has 3 unspecified atom stereocenters. The van der Waals surface area contributed by atoms with Crippen molar-refractivity contribution in [3.63, 3.8) is 0 Å². The monoisotopic (exact) mass is 280 g/mol. The summed E-state index contributed by atoms with van der Waals surface area (Å²) in [5.41, 5.74) is 0. The van der Waals surface area contributed by atoms with Crippen molar-refractivity contribution in [2.24, 2.45) is 17.8 Å². The van der Waals surface area contributed by atoms with E-state index in [-0.39, 0.29) is 0 Å². The number of hydrogen-bond acceptors (Lipinski definition) is 2. The van der Waals surface area contributed by atoms with Gasteiger partial charge in [-0.25, -0.2) is 0 Å². The van der Waals surface area contributed by atoms with E-state index in [9.17, 15) is 0 Å². The normalized spacial score (nSPS) is 32.4. The maximum Gasteiger partial charge on any atom is 0.00698 e. The Hall–Kier alpha value is -0.0800. The third-order valence-corrected chi connectivity index (χ3v) is 5.33. The molecule has 0 bridgehead atoms. The summed E-state index contributed by atoms with van der Waals surface area (Å²) >= 11 is 0. The van der Waals surface area contributed by atoms with Gasteiger partial charge in [-0.05, 0) is 70.4 Å². The van der Waals surface area contributed by atoms with Crippen LogP contribution in [0.3, 0.4) is 0 Å². The molecule has 2 nitrogen and oxygen atoms in total. The number of nitrogens with zero attached hydrogens (tertiary/aromatic N) is 1. The van der Waals surface area contributed by atoms with Crippen LogP contribution in [0.4, 0.5) is 0 Å². The number of rotatable bonds is 6. The zero-order valence-corrected chi connectivity index (χ0v) is 14.2. The van der Waals surface area contributed by atoms with Crippen molar-refractivity contribution in [3.8, 4) is 0 Å². The van der Waals surface area contributed by atoms with Crippen molar-refractivity contribution < 1.29 is 0 Å². The lowest BCUT2D eigenvalue weighted by atomic mass is 9.81. The van der Waals surface area contributed by atoms with E-state index in [1.807, 2.05) is 0 Å². The van der Waals surface area contributed by atoms with Gasteiger partial charge < -0.3 is 10.2 Å². The second-order valence-corrected chi connectivity index (χ2v) is 8.01. The van der Waals surface area contributed by atoms with Gasteiger partial charge in [0.05, 0.1) is 0 Å². The van der Waals surface area contributed by atoms with Crippen molar-refractivity contribution >= 4 is 0 Å². The van der Waals surface area contributed by atoms with E-state index in [1.165, 1.54) is 58.2 Å². The largest absolute Gasteiger partial charge is 0.314 e. The third kappa shape index (κ3) is 5.04. The summed E-state index contributed by atoms with van der Waals surface area (Å²) in [5, 5.41) is 3.90. The third-order valence-electron chi connectivity index (χ3n) is 5.33. The molecular weight excluding hydrogens is 244 g/mol. The topological polar surface area (TPSA) is 15.3 Å². The van der Waals surface area contributed by atoms with Crippen LogP contribution in [0.5, 0.6) is 0 Å². The van der Waals surface area contributed by atoms with E-state index in [4.69, 9.17) is 0 Å². The van der Waals surface area contributed by atoms with Gasteiger partial charge in [0.25, 0.3) is 0 Å². The molecule has 0 amide bonds. The second kappa shape index (κ2) is 7.79. The van der Waals surface area contributed by atoms with E-state index in [0.717, 1.165) is 29.8 Å². The highest BCUT2D eigenvalue weighted by molar-refractivity contribution is 4.83. The standard InChI is InChI=1S/C18H36N2/c1-14(2)10-16-6-5-7-18(11-16)19-12-17-8-9-20(13-17)15(3)4/h14-19H,5-13H2,1-4H3. The number of likely N-dealkylation sites (tertiary alicyclic amines) is 1. The van der Waals surface area contributed by atoms with Gasteiger partial charge in [0.15, 0.2) is 0 Å². The summed E-state index contributed by atoms with van der Waals surface area (Å²) in [6.45, 7) is 13.3. The second-order valence-electron chi connectivity index (χ2n) is 8.01. The highest BCUT2D eigenvalue weighted by Crippen LogP contribution is 2.29. The molecule has 2 rings (SSSR count). The van der Waals surface area contributed by atoms with Crippen molar-refractivity contribution in [3.05, 3.63) is 0 Å². The number of hydrogen-bond donors (Lipinski definition) is 1. The van der Waals surface area contributed by atoms with Gasteiger partial charge in [-0.15, -0.1) is 0 Å². The van der Waals surface area contributed by atoms with Gasteiger partial charge in [0.1, 0.15) is 0 Å². The number of nitrogens with one attached hydrogen (secondary N) is 1. The van der Waals surface area contributed by atoms with Crippen LogP contribution in [0.1, 0.15) is 66.2 Å². The van der Waals surface area contributed by atoms with Crippen molar-refractivity contribution in [1.82, 2.24) is 10.2 Å². The van der Waals surface area contributed by atoms with Crippen molar-refractivity contribution in [2.45, 2.75) is 78.3 Å². The molecule has 0 aromatic rings. The molecule has 118 valence electrons. The molecule has 2 heteroatoms. The highest BCUT2D eigenvalue weighted by Gasteiger charge is 2.26. The lowest BCUT2D eigenvalue weighted by Gasteiger charge is -2.31. The molecule has 0 aromatic heterocycles. The zero-order chi connectivity index (χ0) is 14.5. The van der Waals surface area contributed by atoms with Crippen molar-refractivity contribution in [1.29, 1.82) is 0 Å². The molecule has 0 radical (unpaired) electrons. The molecule has 2 fully saturated rings. The average molecular weight is 281 g/mol. The van der Waals surface area contributed by atoms with Crippen LogP contribution in [0.2, 0.25) is 0 Å². The molecular formula is C18H36N2. The summed E-state index contributed by atoms with van der Waals surface area (Å²) in [6, 6.07) is 1.53. The Morgan fingerprint density at radius 1 is 1.05 bits per heavy atom. The Morgan fingerprint density at radius 3 is 2.50 bits per heavy atom. The SMILES string of the molecule is CC(C)CC1CCCC(NCC2CCN(C(C)C)C2)C1. The predicted molar refractivity (Wildman–Crippen MR) is 88.0 cm³/mol. The molecule has 2 aliphatic rings. The Morgan fingerprint density at radius 2 is 1.85 bits per heavy atom. The molecule has 20 heavy (non-hydrogen) atoms. The van der Waals surface area contributed by atoms with E-state index in [2.05, 4.69) is 37.9 Å². The van der Waals surface area contributed by atoms with Crippen LogP contribution in [-0.2, 0) is 0 Å². The predicted octanol–water partition coefficient (Wildman–Crippen LogP) is 3.91. The molecule has 1 heterocycles. The average Bonchev–Trinajstić information content (AvgIpc) is 2.85. The first kappa shape index (κ1) is 16.3. The van der Waals surface area contributed by atoms with E-state index >= 15 is 0 Å². The Kier molecular flexibility index (Phi) is 6.35. The summed E-state index contributed by atoms with van der Waals surface area (Å²) in [4.78, 5) is 2.63. The lowest BCUT2D eigenvalue weighted by Crippen LogP contribution is -2.38.